The fourth-order valence-electron chi connectivity index (χ4n) is 2.73. The molecule has 1 aromatic carbocycles. The number of rotatable bonds is 5. The molecule has 3 rings (SSSR count). The molecular weight excluding hydrogens is 344 g/mol. The molecule has 0 bridgehead atoms. The predicted molar refractivity (Wildman–Crippen MR) is 94.2 cm³/mol. The molecule has 9 heteroatoms. The lowest BCUT2D eigenvalue weighted by Crippen LogP contribution is -2.21. The first-order valence-electron chi connectivity index (χ1n) is 7.96. The van der Waals surface area contributed by atoms with Gasteiger partial charge in [0.05, 0.1) is 16.4 Å². The van der Waals surface area contributed by atoms with Crippen molar-refractivity contribution >= 4 is 21.3 Å². The number of non-ortho nitro benzene ring substituents is 1. The number of hydrogen-bond acceptors (Lipinski definition) is 7. The molecular formula is C16H18N4O4S. The lowest BCUT2D eigenvalue weighted by molar-refractivity contribution is -0.384. The van der Waals surface area contributed by atoms with Crippen LogP contribution in [0.2, 0.25) is 0 Å². The van der Waals surface area contributed by atoms with Gasteiger partial charge in [-0.05, 0) is 25.0 Å². The van der Waals surface area contributed by atoms with Gasteiger partial charge < -0.3 is 5.32 Å². The minimum Gasteiger partial charge on any atom is -0.366 e. The number of hydrogen-bond donors (Lipinski definition) is 1. The van der Waals surface area contributed by atoms with Gasteiger partial charge in [0.15, 0.2) is 15.7 Å². The summed E-state index contributed by atoms with van der Waals surface area (Å²) < 4.78 is 23.2. The van der Waals surface area contributed by atoms with Crippen LogP contribution in [-0.4, -0.2) is 40.9 Å². The molecule has 25 heavy (non-hydrogen) atoms. The van der Waals surface area contributed by atoms with E-state index < -0.39 is 14.8 Å². The third-order valence-electron chi connectivity index (χ3n) is 4.06. The largest absolute Gasteiger partial charge is 0.366 e. The molecule has 1 N–H and O–H groups in total. The normalized spacial score (nSPS) is 18.8. The maximum absolute atomic E-state index is 11.6. The Kier molecular flexibility index (Phi) is 4.67. The van der Waals surface area contributed by atoms with Crippen LogP contribution in [0.15, 0.2) is 30.3 Å². The van der Waals surface area contributed by atoms with Crippen molar-refractivity contribution in [1.29, 1.82) is 0 Å². The minimum atomic E-state index is -2.98. The Hall–Kier alpha value is -2.55. The summed E-state index contributed by atoms with van der Waals surface area (Å²) in [5.41, 5.74) is 1.49. The number of aryl methyl sites for hydroxylation is 1. The third kappa shape index (κ3) is 4.11. The molecule has 2 aromatic rings. The zero-order chi connectivity index (χ0) is 18.0. The fourth-order valence-corrected chi connectivity index (χ4v) is 4.41. The van der Waals surface area contributed by atoms with Gasteiger partial charge in [-0.1, -0.05) is 6.92 Å². The summed E-state index contributed by atoms with van der Waals surface area (Å²) in [4.78, 5) is 19.2. The third-order valence-corrected chi connectivity index (χ3v) is 5.83. The van der Waals surface area contributed by atoms with Crippen LogP contribution in [0, 0.1) is 10.1 Å². The molecule has 0 radical (unpaired) electrons. The highest BCUT2D eigenvalue weighted by molar-refractivity contribution is 7.91. The maximum Gasteiger partial charge on any atom is 0.269 e. The Morgan fingerprint density at radius 2 is 2.00 bits per heavy atom. The van der Waals surface area contributed by atoms with E-state index in [0.717, 1.165) is 5.69 Å². The first-order valence-corrected chi connectivity index (χ1v) is 9.78. The number of aromatic nitrogens is 2. The molecule has 1 aliphatic rings. The second kappa shape index (κ2) is 6.75. The summed E-state index contributed by atoms with van der Waals surface area (Å²) in [5.74, 6) is 1.32. The Morgan fingerprint density at radius 1 is 1.28 bits per heavy atom. The number of anilines is 1. The van der Waals surface area contributed by atoms with Gasteiger partial charge in [0, 0.05) is 35.5 Å². The summed E-state index contributed by atoms with van der Waals surface area (Å²) in [7, 11) is -2.98. The molecule has 1 fully saturated rings. The highest BCUT2D eigenvalue weighted by Gasteiger charge is 2.28. The zero-order valence-electron chi connectivity index (χ0n) is 13.7. The molecule has 0 amide bonds. The average molecular weight is 362 g/mol. The summed E-state index contributed by atoms with van der Waals surface area (Å²) in [6.45, 7) is 1.96. The van der Waals surface area contributed by atoms with E-state index in [-0.39, 0.29) is 23.2 Å². The SMILES string of the molecule is CCc1cc(N[C@H]2CCS(=O)(=O)C2)nc(-c2ccc([N+](=O)[O-])cc2)n1. The first kappa shape index (κ1) is 17.3. The first-order chi connectivity index (χ1) is 11.9. The molecule has 8 nitrogen and oxygen atoms in total. The molecule has 132 valence electrons. The smallest absolute Gasteiger partial charge is 0.269 e. The molecule has 2 heterocycles. The van der Waals surface area contributed by atoms with E-state index >= 15 is 0 Å². The highest BCUT2D eigenvalue weighted by Crippen LogP contribution is 2.23. The predicted octanol–water partition coefficient (Wildman–Crippen LogP) is 2.21. The number of nitrogens with zero attached hydrogens (tertiary/aromatic N) is 3. The van der Waals surface area contributed by atoms with Crippen molar-refractivity contribution in [2.75, 3.05) is 16.8 Å². The van der Waals surface area contributed by atoms with Crippen molar-refractivity contribution in [3.05, 3.63) is 46.1 Å². The summed E-state index contributed by atoms with van der Waals surface area (Å²) in [6, 6.07) is 7.68. The molecule has 0 spiro atoms. The number of nitro groups is 1. The van der Waals surface area contributed by atoms with E-state index in [2.05, 4.69) is 15.3 Å². The number of nitro benzene ring substituents is 1. The van der Waals surface area contributed by atoms with Crippen LogP contribution in [0.3, 0.4) is 0 Å². The Bertz CT molecular complexity index is 897. The van der Waals surface area contributed by atoms with Crippen LogP contribution in [0.4, 0.5) is 11.5 Å². The van der Waals surface area contributed by atoms with Crippen LogP contribution in [-0.2, 0) is 16.3 Å². The van der Waals surface area contributed by atoms with Crippen molar-refractivity contribution < 1.29 is 13.3 Å². The zero-order valence-corrected chi connectivity index (χ0v) is 14.5. The van der Waals surface area contributed by atoms with Crippen molar-refractivity contribution in [3.8, 4) is 11.4 Å². The van der Waals surface area contributed by atoms with Crippen LogP contribution >= 0.6 is 0 Å². The van der Waals surface area contributed by atoms with E-state index in [1.165, 1.54) is 12.1 Å². The number of sulfone groups is 1. The lowest BCUT2D eigenvalue weighted by Gasteiger charge is -2.13. The van der Waals surface area contributed by atoms with Crippen LogP contribution in [0.1, 0.15) is 19.0 Å². The average Bonchev–Trinajstić information content (AvgIpc) is 2.93. The van der Waals surface area contributed by atoms with Crippen molar-refractivity contribution in [3.63, 3.8) is 0 Å². The standard InChI is InChI=1S/C16H18N4O4S/c1-2-12-9-15(17-13-7-8-25(23,24)10-13)19-16(18-12)11-3-5-14(6-4-11)20(21)22/h3-6,9,13H,2,7-8,10H2,1H3,(H,17,18,19)/t13-/m0/s1. The van der Waals surface area contributed by atoms with Gasteiger partial charge in [-0.25, -0.2) is 18.4 Å². The van der Waals surface area contributed by atoms with Crippen molar-refractivity contribution in [2.45, 2.75) is 25.8 Å². The Balaban J connectivity index is 1.88. The lowest BCUT2D eigenvalue weighted by atomic mass is 10.2. The van der Waals surface area contributed by atoms with Gasteiger partial charge in [0.25, 0.3) is 5.69 Å². The fraction of sp³-hybridized carbons (Fsp3) is 0.375. The van der Waals surface area contributed by atoms with E-state index in [1.807, 2.05) is 6.92 Å². The molecule has 1 aliphatic heterocycles. The summed E-state index contributed by atoms with van der Waals surface area (Å²) in [5, 5.41) is 13.9. The quantitative estimate of drug-likeness (QED) is 0.640. The topological polar surface area (TPSA) is 115 Å². The van der Waals surface area contributed by atoms with Gasteiger partial charge in [-0.15, -0.1) is 0 Å². The molecule has 0 unspecified atom stereocenters. The molecule has 1 aromatic heterocycles. The Labute approximate surface area is 145 Å². The van der Waals surface area contributed by atoms with Crippen molar-refractivity contribution in [2.24, 2.45) is 0 Å². The van der Waals surface area contributed by atoms with E-state index in [4.69, 9.17) is 0 Å². The highest BCUT2D eigenvalue weighted by atomic mass is 32.2. The van der Waals surface area contributed by atoms with Gasteiger partial charge in [-0.2, -0.15) is 0 Å². The molecule has 0 aliphatic carbocycles. The number of benzene rings is 1. The van der Waals surface area contributed by atoms with Crippen LogP contribution in [0.25, 0.3) is 11.4 Å². The minimum absolute atomic E-state index is 0.00454. The maximum atomic E-state index is 11.6. The second-order valence-corrected chi connectivity index (χ2v) is 8.20. The van der Waals surface area contributed by atoms with Crippen molar-refractivity contribution in [1.82, 2.24) is 9.97 Å². The Morgan fingerprint density at radius 3 is 2.56 bits per heavy atom. The number of nitrogens with one attached hydrogen (secondary N) is 1. The van der Waals surface area contributed by atoms with E-state index in [1.54, 1.807) is 18.2 Å². The molecule has 0 saturated carbocycles. The van der Waals surface area contributed by atoms with E-state index in [0.29, 0.717) is 30.0 Å². The van der Waals surface area contributed by atoms with Crippen LogP contribution in [0.5, 0.6) is 0 Å². The monoisotopic (exact) mass is 362 g/mol. The van der Waals surface area contributed by atoms with Crippen LogP contribution < -0.4 is 5.32 Å². The molecule has 1 saturated heterocycles. The summed E-state index contributed by atoms with van der Waals surface area (Å²) in [6.07, 6.45) is 1.25. The summed E-state index contributed by atoms with van der Waals surface area (Å²) >= 11 is 0. The second-order valence-electron chi connectivity index (χ2n) is 5.97. The van der Waals surface area contributed by atoms with Gasteiger partial charge >= 0.3 is 0 Å². The van der Waals surface area contributed by atoms with E-state index in [9.17, 15) is 18.5 Å². The van der Waals surface area contributed by atoms with Gasteiger partial charge in [0.1, 0.15) is 5.82 Å². The van der Waals surface area contributed by atoms with Gasteiger partial charge in [-0.3, -0.25) is 10.1 Å². The molecule has 1 atom stereocenters. The van der Waals surface area contributed by atoms with Gasteiger partial charge in [0.2, 0.25) is 0 Å².